The summed E-state index contributed by atoms with van der Waals surface area (Å²) in [6.07, 6.45) is -7.22. The molecule has 0 atom stereocenters. The lowest BCUT2D eigenvalue weighted by atomic mass is 9.12. The van der Waals surface area contributed by atoms with Crippen LogP contribution < -0.4 is 26.8 Å². The Morgan fingerprint density at radius 1 is 0.298 bits per heavy atom. The number of rotatable bonds is 5. The number of anilines is 1. The van der Waals surface area contributed by atoms with Gasteiger partial charge in [-0.3, -0.25) is 0 Å². The van der Waals surface area contributed by atoms with E-state index in [4.69, 9.17) is 0 Å². The Kier molecular flexibility index (Phi) is 12.0. The molecule has 5 aromatic carbocycles. The van der Waals surface area contributed by atoms with Crippen molar-refractivity contribution in [2.24, 2.45) is 0 Å². The first-order chi connectivity index (χ1) is 26.2. The zero-order chi connectivity index (χ0) is 43.7. The number of aryl methyl sites for hydroxylation is 3. The van der Waals surface area contributed by atoms with Gasteiger partial charge in [0.15, 0.2) is 69.8 Å². The van der Waals surface area contributed by atoms with Crippen LogP contribution in [0.3, 0.4) is 0 Å². The summed E-state index contributed by atoms with van der Waals surface area (Å²) in [4.78, 5) is 2.17. The van der Waals surface area contributed by atoms with Gasteiger partial charge in [0.05, 0.1) is 0 Å². The molecule has 0 aliphatic rings. The van der Waals surface area contributed by atoms with Crippen LogP contribution in [0.2, 0.25) is 0 Å². The number of hydrogen-bond donors (Lipinski definition) is 0. The van der Waals surface area contributed by atoms with E-state index in [9.17, 15) is 52.7 Å². The molecule has 0 saturated heterocycles. The average Bonchev–Trinajstić information content (AvgIpc) is 3.14. The summed E-state index contributed by atoms with van der Waals surface area (Å²) in [5.74, 6) is -71.4. The van der Waals surface area contributed by atoms with Crippen LogP contribution in [0, 0.1) is 137 Å². The maximum Gasteiger partial charge on any atom is 0.200 e. The van der Waals surface area contributed by atoms with Crippen molar-refractivity contribution in [1.82, 2.24) is 0 Å². The molecule has 0 amide bonds. The molecule has 0 saturated carbocycles. The van der Waals surface area contributed by atoms with E-state index in [-0.39, 0.29) is 0 Å². The molecule has 5 rings (SSSR count). The molecule has 1 nitrogen and oxygen atoms in total. The Morgan fingerprint density at radius 2 is 0.456 bits per heavy atom. The molecule has 0 N–H and O–H groups in total. The zero-order valence-corrected chi connectivity index (χ0v) is 28.7. The van der Waals surface area contributed by atoms with Crippen LogP contribution in [-0.2, 0) is 0 Å². The smallest absolute Gasteiger partial charge is 0.200 e. The van der Waals surface area contributed by atoms with Gasteiger partial charge >= 0.3 is 0 Å². The fourth-order valence-corrected chi connectivity index (χ4v) is 6.75. The Balaban J connectivity index is 0.000000512. The van der Waals surface area contributed by atoms with Gasteiger partial charge in [0, 0.05) is 19.8 Å². The van der Waals surface area contributed by atoms with Crippen molar-refractivity contribution in [2.45, 2.75) is 20.8 Å². The molecule has 5 aromatic rings. The Hall–Kier alpha value is -5.44. The molecular formula is C35H17BF20N-. The van der Waals surface area contributed by atoms with E-state index in [1.807, 2.05) is 0 Å². The van der Waals surface area contributed by atoms with Gasteiger partial charge in [-0.2, -0.15) is 0 Å². The highest BCUT2D eigenvalue weighted by atomic mass is 19.2. The molecule has 0 bridgehead atoms. The second-order valence-corrected chi connectivity index (χ2v) is 12.4. The van der Waals surface area contributed by atoms with Crippen molar-refractivity contribution in [1.29, 1.82) is 0 Å². The van der Waals surface area contributed by atoms with Crippen LogP contribution in [0.1, 0.15) is 16.7 Å². The van der Waals surface area contributed by atoms with Crippen molar-refractivity contribution in [3.8, 4) is 0 Å². The van der Waals surface area contributed by atoms with Gasteiger partial charge in [-0.1, -0.05) is 17.7 Å². The van der Waals surface area contributed by atoms with E-state index in [1.165, 1.54) is 22.4 Å². The van der Waals surface area contributed by atoms with Crippen LogP contribution in [0.4, 0.5) is 93.5 Å². The first-order valence-corrected chi connectivity index (χ1v) is 15.2. The lowest BCUT2D eigenvalue weighted by Gasteiger charge is -2.44. The van der Waals surface area contributed by atoms with E-state index in [2.05, 4.69) is 51.9 Å². The molecular weight excluding hydrogens is 825 g/mol. The van der Waals surface area contributed by atoms with Crippen molar-refractivity contribution in [2.75, 3.05) is 19.0 Å². The number of nitrogens with zero attached hydrogens (tertiary/aromatic N) is 1. The molecule has 0 aliphatic carbocycles. The van der Waals surface area contributed by atoms with E-state index >= 15 is 35.1 Å². The summed E-state index contributed by atoms with van der Waals surface area (Å²) in [6, 6.07) is 4.45. The van der Waals surface area contributed by atoms with Crippen molar-refractivity contribution < 1.29 is 87.8 Å². The highest BCUT2D eigenvalue weighted by molar-refractivity contribution is 7.20. The fraction of sp³-hybridized carbons (Fsp3) is 0.143. The van der Waals surface area contributed by atoms with Gasteiger partial charge in [0.2, 0.25) is 0 Å². The molecule has 22 heteroatoms. The van der Waals surface area contributed by atoms with Gasteiger partial charge in [-0.15, -0.1) is 21.9 Å². The lowest BCUT2D eigenvalue weighted by Crippen LogP contribution is -2.81. The summed E-state index contributed by atoms with van der Waals surface area (Å²) in [7, 11) is 4.18. The molecule has 0 radical (unpaired) electrons. The minimum atomic E-state index is -7.22. The van der Waals surface area contributed by atoms with Crippen LogP contribution in [0.15, 0.2) is 12.1 Å². The zero-order valence-electron chi connectivity index (χ0n) is 28.7. The molecule has 0 spiro atoms. The second-order valence-electron chi connectivity index (χ2n) is 12.4. The minimum Gasteiger partial charge on any atom is -0.377 e. The van der Waals surface area contributed by atoms with Crippen LogP contribution in [-0.4, -0.2) is 20.2 Å². The van der Waals surface area contributed by atoms with Gasteiger partial charge < -0.3 is 4.90 Å². The molecule has 0 aliphatic heterocycles. The van der Waals surface area contributed by atoms with Crippen molar-refractivity contribution in [3.63, 3.8) is 0 Å². The summed E-state index contributed by atoms with van der Waals surface area (Å²) >= 11 is 0. The predicted octanol–water partition coefficient (Wildman–Crippen LogP) is 8.52. The third-order valence-corrected chi connectivity index (χ3v) is 8.79. The predicted molar refractivity (Wildman–Crippen MR) is 164 cm³/mol. The molecule has 0 heterocycles. The number of benzene rings is 5. The van der Waals surface area contributed by atoms with Gasteiger partial charge in [0.25, 0.3) is 0 Å². The third-order valence-electron chi connectivity index (χ3n) is 8.79. The quantitative estimate of drug-likeness (QED) is 0.0743. The van der Waals surface area contributed by atoms with Crippen LogP contribution in [0.25, 0.3) is 0 Å². The lowest BCUT2D eigenvalue weighted by molar-refractivity contribution is 0.378. The summed E-state index contributed by atoms with van der Waals surface area (Å²) in [5, 5.41) is 0. The average molecular weight is 842 g/mol. The molecule has 0 aromatic heterocycles. The second kappa shape index (κ2) is 15.5. The summed E-state index contributed by atoms with van der Waals surface area (Å²) in [6.45, 7) is 6.46. The molecule has 0 unspecified atom stereocenters. The number of hydrogen-bond acceptors (Lipinski definition) is 1. The Morgan fingerprint density at radius 3 is 0.614 bits per heavy atom. The van der Waals surface area contributed by atoms with Crippen LogP contribution >= 0.6 is 0 Å². The topological polar surface area (TPSA) is 3.24 Å². The maximum absolute atomic E-state index is 15.4. The standard InChI is InChI=1S/C24BF20.C11H17N/c26-5-1(6(27)14(35)21(42)13(5)34)25(2-7(28)15(36)22(43)16(37)8(2)29,3-9(30)17(38)23(44)18(39)10(3)31)4-11(32)19(40)24(45)20(41)12(4)33;1-8-6-9(2)11(12(4)5)10(3)7-8/h;6-7H,1-5H3/q-1;. The number of halogens is 20. The van der Waals surface area contributed by atoms with Crippen molar-refractivity contribution in [3.05, 3.63) is 145 Å². The Bertz CT molecular complexity index is 2080. The highest BCUT2D eigenvalue weighted by Gasteiger charge is 2.52. The molecule has 57 heavy (non-hydrogen) atoms. The van der Waals surface area contributed by atoms with E-state index < -0.39 is 144 Å². The Labute approximate surface area is 306 Å². The van der Waals surface area contributed by atoms with Gasteiger partial charge in [-0.25, -0.2) is 87.8 Å². The summed E-state index contributed by atoms with van der Waals surface area (Å²) < 4.78 is 294. The first-order valence-electron chi connectivity index (χ1n) is 15.2. The van der Waals surface area contributed by atoms with E-state index in [0.717, 1.165) is 0 Å². The fourth-order valence-electron chi connectivity index (χ4n) is 6.75. The van der Waals surface area contributed by atoms with E-state index in [0.29, 0.717) is 0 Å². The van der Waals surface area contributed by atoms with Crippen LogP contribution in [0.5, 0.6) is 0 Å². The first kappa shape index (κ1) is 44.3. The van der Waals surface area contributed by atoms with Crippen molar-refractivity contribution >= 4 is 33.7 Å². The highest BCUT2D eigenvalue weighted by Crippen LogP contribution is 2.31. The normalized spacial score (nSPS) is 11.6. The molecule has 306 valence electrons. The largest absolute Gasteiger partial charge is 0.377 e. The monoisotopic (exact) mass is 842 g/mol. The SMILES string of the molecule is Cc1cc(C)c(N(C)C)c(C)c1.Fc1c(F)c(F)c([B-](c2c(F)c(F)c(F)c(F)c2F)(c2c(F)c(F)c(F)c(F)c2F)c2c(F)c(F)c(F)c(F)c2F)c(F)c1F. The van der Waals surface area contributed by atoms with E-state index in [1.54, 1.807) is 0 Å². The van der Waals surface area contributed by atoms with Gasteiger partial charge in [0.1, 0.15) is 52.7 Å². The maximum atomic E-state index is 15.4. The minimum absolute atomic E-state index is 1.34. The molecule has 0 fully saturated rings. The van der Waals surface area contributed by atoms with Gasteiger partial charge in [-0.05, 0) is 31.9 Å². The summed E-state index contributed by atoms with van der Waals surface area (Å²) in [5.41, 5.74) is -8.92. The third kappa shape index (κ3) is 6.59.